The van der Waals surface area contributed by atoms with Crippen LogP contribution < -0.4 is 15.6 Å². The summed E-state index contributed by atoms with van der Waals surface area (Å²) < 4.78 is 14.7. The van der Waals surface area contributed by atoms with E-state index in [9.17, 15) is 19.2 Å². The van der Waals surface area contributed by atoms with E-state index in [0.29, 0.717) is 44.3 Å². The molecule has 420 valence electrons. The molecular weight excluding hydrogens is 1000 g/mol. The van der Waals surface area contributed by atoms with Gasteiger partial charge in [0.2, 0.25) is 11.8 Å². The van der Waals surface area contributed by atoms with Crippen molar-refractivity contribution in [3.8, 4) is 22.5 Å². The van der Waals surface area contributed by atoms with Crippen molar-refractivity contribution in [1.29, 1.82) is 0 Å². The number of methoxy groups -OCH3 is 1. The lowest BCUT2D eigenvalue weighted by Crippen LogP contribution is -2.62. The highest BCUT2D eigenvalue weighted by Crippen LogP contribution is 2.49. The van der Waals surface area contributed by atoms with Crippen LogP contribution in [0.2, 0.25) is 0 Å². The van der Waals surface area contributed by atoms with Crippen LogP contribution in [0.25, 0.3) is 33.4 Å². The number of anilines is 1. The number of ether oxygens (including phenoxy) is 2. The number of aryl methyl sites for hydroxylation is 1. The zero-order valence-corrected chi connectivity index (χ0v) is 48.2. The van der Waals surface area contributed by atoms with Crippen molar-refractivity contribution in [1.82, 2.24) is 49.9 Å². The Balaban J connectivity index is 0.855. The van der Waals surface area contributed by atoms with E-state index in [1.807, 2.05) is 6.20 Å². The summed E-state index contributed by atoms with van der Waals surface area (Å²) in [6.07, 6.45) is 10.6. The molecular formula is C60H83N11O6S. The molecule has 6 aliphatic heterocycles. The van der Waals surface area contributed by atoms with E-state index in [1.54, 1.807) is 7.11 Å². The van der Waals surface area contributed by atoms with Gasteiger partial charge in [0.25, 0.3) is 5.91 Å². The zero-order valence-electron chi connectivity index (χ0n) is 47.4. The van der Waals surface area contributed by atoms with Crippen LogP contribution in [-0.2, 0) is 48.0 Å². The molecule has 4 aromatic rings. The number of nitrogens with one attached hydrogen (secondary N) is 2. The number of fused-ring (bicyclic) bond motifs is 6. The smallest absolute Gasteiger partial charge is 0.324 e. The van der Waals surface area contributed by atoms with E-state index >= 15 is 0 Å². The van der Waals surface area contributed by atoms with Gasteiger partial charge in [-0.1, -0.05) is 33.8 Å². The quantitative estimate of drug-likeness (QED) is 0.117. The van der Waals surface area contributed by atoms with Crippen LogP contribution >= 0.6 is 11.3 Å². The van der Waals surface area contributed by atoms with E-state index in [-0.39, 0.29) is 54.2 Å². The Morgan fingerprint density at radius 1 is 0.974 bits per heavy atom. The maximum atomic E-state index is 14.9. The molecule has 78 heavy (non-hydrogen) atoms. The fraction of sp³-hybridized carbons (Fsp3) is 0.667. The van der Waals surface area contributed by atoms with E-state index in [0.717, 1.165) is 127 Å². The number of carbonyl (C=O) groups excluding carboxylic acids is 4. The number of thiazole rings is 1. The molecule has 8 aliphatic rings. The summed E-state index contributed by atoms with van der Waals surface area (Å²) in [6, 6.07) is 7.94. The summed E-state index contributed by atoms with van der Waals surface area (Å²) in [5, 5.41) is 8.70. The van der Waals surface area contributed by atoms with Gasteiger partial charge in [0.15, 0.2) is 0 Å². The van der Waals surface area contributed by atoms with Gasteiger partial charge in [-0.25, -0.2) is 10.4 Å². The first kappa shape index (κ1) is 53.7. The second kappa shape index (κ2) is 21.2. The highest BCUT2D eigenvalue weighted by atomic mass is 32.1. The van der Waals surface area contributed by atoms with Crippen molar-refractivity contribution >= 4 is 51.6 Å². The molecule has 17 nitrogen and oxygen atoms in total. The molecule has 18 heteroatoms. The van der Waals surface area contributed by atoms with Gasteiger partial charge in [-0.3, -0.25) is 43.9 Å². The van der Waals surface area contributed by atoms with Crippen molar-refractivity contribution in [2.75, 3.05) is 84.6 Å². The number of aromatic nitrogens is 3. The predicted octanol–water partition coefficient (Wildman–Crippen LogP) is 6.53. The number of likely N-dealkylation sites (tertiary alicyclic amines) is 2. The lowest BCUT2D eigenvalue weighted by atomic mass is 9.84. The largest absolute Gasteiger partial charge is 0.464 e. The van der Waals surface area contributed by atoms with Gasteiger partial charge in [-0.2, -0.15) is 0 Å². The second-order valence-corrected chi connectivity index (χ2v) is 26.5. The minimum Gasteiger partial charge on any atom is -0.464 e. The molecule has 2 saturated carbocycles. The molecule has 3 amide bonds. The summed E-state index contributed by atoms with van der Waals surface area (Å²) in [4.78, 5) is 80.1. The number of carbonyl (C=O) groups is 4. The van der Waals surface area contributed by atoms with Gasteiger partial charge < -0.3 is 29.2 Å². The number of likely N-dealkylation sites (N-methyl/N-ethyl adjacent to an activating group) is 1. The van der Waals surface area contributed by atoms with E-state index in [4.69, 9.17) is 19.4 Å². The molecule has 2 aliphatic carbocycles. The number of pyridine rings is 1. The first-order chi connectivity index (χ1) is 37.5. The Kier molecular flexibility index (Phi) is 14.6. The van der Waals surface area contributed by atoms with Crippen molar-refractivity contribution in [2.24, 2.45) is 22.7 Å². The van der Waals surface area contributed by atoms with Gasteiger partial charge in [0.1, 0.15) is 18.1 Å². The number of benzene rings is 1. The lowest BCUT2D eigenvalue weighted by molar-refractivity contribution is -0.155. The van der Waals surface area contributed by atoms with Gasteiger partial charge in [0, 0.05) is 123 Å². The third kappa shape index (κ3) is 10.4. The number of piperazine rings is 1. The summed E-state index contributed by atoms with van der Waals surface area (Å²) >= 11 is 1.49. The standard InChI is InChI=1S/C60H83N11O6S/c1-9-70-48-17-14-39-27-42(48)44(53(70)43-28-41(31-61-50(43)37(4)76-8)67-25-23-66(24-26-67)40-15-16-40)30-59(5,6)35-77-58(75)45-11-10-20-71(64-45)56(73)46(29-49-62-47(39)32-78-49)63-55(72)51(36(2)3)68-21-18-60(33-68)19-22-69(34-60)57(74)54-52(65(54)7)38-12-13-38/h14,17,27-28,31-32,36-38,40,45-46,51-52,54,64H,9-13,15-16,18-26,29-30,33-35H2,1-8H3,(H,63,72)/t37-,45-,46-,51-,52+,54+,60-,65?/m0/s1. The number of hydrazine groups is 1. The van der Waals surface area contributed by atoms with Crippen LogP contribution in [0.1, 0.15) is 115 Å². The number of rotatable bonds is 12. The van der Waals surface area contributed by atoms with Crippen molar-refractivity contribution in [2.45, 2.75) is 155 Å². The molecule has 2 N–H and O–H groups in total. The van der Waals surface area contributed by atoms with Crippen molar-refractivity contribution in [3.05, 3.63) is 52.1 Å². The van der Waals surface area contributed by atoms with E-state index < -0.39 is 29.5 Å². The molecule has 3 aromatic heterocycles. The van der Waals surface area contributed by atoms with Crippen LogP contribution in [0.3, 0.4) is 0 Å². The minimum atomic E-state index is -0.950. The molecule has 1 unspecified atom stereocenters. The van der Waals surface area contributed by atoms with Gasteiger partial charge >= 0.3 is 5.97 Å². The number of hydrogen-bond acceptors (Lipinski definition) is 14. The fourth-order valence-electron chi connectivity index (χ4n) is 14.3. The second-order valence-electron chi connectivity index (χ2n) is 25.6. The normalized spacial score (nSPS) is 28.8. The number of esters is 1. The van der Waals surface area contributed by atoms with Crippen LogP contribution in [0.4, 0.5) is 5.69 Å². The molecule has 12 rings (SSSR count). The molecule has 1 aromatic carbocycles. The van der Waals surface area contributed by atoms with E-state index in [2.05, 4.69) is 118 Å². The number of cyclic esters (lactones) is 1. The highest BCUT2D eigenvalue weighted by molar-refractivity contribution is 7.10. The van der Waals surface area contributed by atoms with Gasteiger partial charge in [-0.15, -0.1) is 11.3 Å². The first-order valence-corrected chi connectivity index (χ1v) is 30.3. The van der Waals surface area contributed by atoms with Gasteiger partial charge in [-0.05, 0) is 121 Å². The van der Waals surface area contributed by atoms with Crippen molar-refractivity contribution in [3.63, 3.8) is 0 Å². The Bertz CT molecular complexity index is 2940. The zero-order chi connectivity index (χ0) is 54.4. The van der Waals surface area contributed by atoms with Crippen LogP contribution in [-0.4, -0.2) is 179 Å². The minimum absolute atomic E-state index is 0.0171. The van der Waals surface area contributed by atoms with Crippen LogP contribution in [0.15, 0.2) is 35.8 Å². The Labute approximate surface area is 464 Å². The number of amides is 3. The Hall–Kier alpha value is -4.98. The van der Waals surface area contributed by atoms with Crippen LogP contribution in [0, 0.1) is 22.7 Å². The van der Waals surface area contributed by atoms with Crippen molar-refractivity contribution < 1.29 is 28.7 Å². The average Bonchev–Trinajstić information content (AvgIpc) is 4.52. The molecule has 9 heterocycles. The SMILES string of the molecule is CCn1c(-c2cc(N3CCN(C4CC4)CC3)cnc2[C@H](C)OC)c2c3cc(ccc31)-c1csc(n1)C[C@H](NC(=O)[C@H](C(C)C)N1CC[C@]3(CCN(C(=O)[C@H]4[C@@H](C5CC5)N4C)C3)C1)C(=O)N1CCC[C@H](N1)C(=O)OCC(C)(C)C2. The predicted molar refractivity (Wildman–Crippen MR) is 303 cm³/mol. The highest BCUT2D eigenvalue weighted by Gasteiger charge is 2.59. The summed E-state index contributed by atoms with van der Waals surface area (Å²) in [5.41, 5.74) is 10.8. The maximum absolute atomic E-state index is 14.9. The Morgan fingerprint density at radius 3 is 2.49 bits per heavy atom. The molecule has 6 bridgehead atoms. The molecule has 0 radical (unpaired) electrons. The fourth-order valence-corrected chi connectivity index (χ4v) is 15.1. The summed E-state index contributed by atoms with van der Waals surface area (Å²) in [6.45, 7) is 21.0. The van der Waals surface area contributed by atoms with E-state index in [1.165, 1.54) is 42.0 Å². The summed E-state index contributed by atoms with van der Waals surface area (Å²) in [5.74, 6) is 0.00191. The molecule has 1 spiro atoms. The molecule has 5 saturated heterocycles. The number of nitrogens with zero attached hydrogens (tertiary/aromatic N) is 9. The summed E-state index contributed by atoms with van der Waals surface area (Å²) in [7, 11) is 3.83. The molecule has 7 fully saturated rings. The average molecular weight is 1090 g/mol. The van der Waals surface area contributed by atoms with Gasteiger partial charge in [0.05, 0.1) is 52.7 Å². The molecule has 8 atom stereocenters. The monoisotopic (exact) mass is 1090 g/mol. The maximum Gasteiger partial charge on any atom is 0.324 e. The third-order valence-corrected chi connectivity index (χ3v) is 19.8. The Morgan fingerprint density at radius 2 is 1.76 bits per heavy atom. The van der Waals surface area contributed by atoms with Crippen LogP contribution in [0.5, 0.6) is 0 Å². The topological polar surface area (TPSA) is 161 Å². The number of hydrogen-bond donors (Lipinski definition) is 2. The first-order valence-electron chi connectivity index (χ1n) is 29.4. The lowest BCUT2D eigenvalue weighted by Gasteiger charge is -2.37. The third-order valence-electron chi connectivity index (χ3n) is 19.0.